The van der Waals surface area contributed by atoms with Crippen molar-refractivity contribution in [1.82, 2.24) is 25.1 Å². The molecule has 5 aromatic rings. The number of fused-ring (bicyclic) bond motifs is 2. The van der Waals surface area contributed by atoms with Gasteiger partial charge in [0.2, 0.25) is 0 Å². The summed E-state index contributed by atoms with van der Waals surface area (Å²) < 4.78 is 0. The van der Waals surface area contributed by atoms with E-state index in [1.165, 1.54) is 0 Å². The van der Waals surface area contributed by atoms with Crippen LogP contribution in [0.3, 0.4) is 0 Å². The number of nitrogens with zero attached hydrogens (tertiary/aromatic N) is 3. The summed E-state index contributed by atoms with van der Waals surface area (Å²) >= 11 is 0. The summed E-state index contributed by atoms with van der Waals surface area (Å²) in [4.78, 5) is 23.2. The molecule has 5 rings (SSSR count). The SMILES string of the molecule is O=C(O)c1cc2ccc(-c3ccnc(Cc4ccc5[nH]ncc5c4)n3)cc2[nH]1. The van der Waals surface area contributed by atoms with E-state index in [1.807, 2.05) is 36.4 Å². The number of H-pyrrole nitrogens is 2. The van der Waals surface area contributed by atoms with Crippen molar-refractivity contribution in [2.75, 3.05) is 0 Å². The van der Waals surface area contributed by atoms with Gasteiger partial charge in [-0.25, -0.2) is 14.8 Å². The quantitative estimate of drug-likeness (QED) is 0.447. The Balaban J connectivity index is 1.47. The zero-order chi connectivity index (χ0) is 19.1. The summed E-state index contributed by atoms with van der Waals surface area (Å²) in [7, 11) is 0. The number of aromatic nitrogens is 5. The van der Waals surface area contributed by atoms with Gasteiger partial charge in [-0.05, 0) is 35.9 Å². The molecule has 0 aliphatic carbocycles. The zero-order valence-corrected chi connectivity index (χ0v) is 14.7. The zero-order valence-electron chi connectivity index (χ0n) is 14.7. The van der Waals surface area contributed by atoms with Crippen molar-refractivity contribution in [3.8, 4) is 11.3 Å². The first-order valence-electron chi connectivity index (χ1n) is 8.76. The van der Waals surface area contributed by atoms with Crippen LogP contribution in [0, 0.1) is 0 Å². The van der Waals surface area contributed by atoms with Gasteiger partial charge in [-0.15, -0.1) is 0 Å². The fourth-order valence-corrected chi connectivity index (χ4v) is 3.33. The van der Waals surface area contributed by atoms with Crippen molar-refractivity contribution in [3.05, 3.63) is 78.0 Å². The van der Waals surface area contributed by atoms with E-state index >= 15 is 0 Å². The van der Waals surface area contributed by atoms with Crippen LogP contribution in [0.1, 0.15) is 21.9 Å². The van der Waals surface area contributed by atoms with E-state index in [0.29, 0.717) is 6.42 Å². The van der Waals surface area contributed by atoms with Gasteiger partial charge in [-0.2, -0.15) is 5.10 Å². The highest BCUT2D eigenvalue weighted by atomic mass is 16.4. The lowest BCUT2D eigenvalue weighted by molar-refractivity contribution is 0.0691. The second-order valence-corrected chi connectivity index (χ2v) is 6.62. The molecule has 3 aromatic heterocycles. The van der Waals surface area contributed by atoms with Crippen LogP contribution >= 0.6 is 0 Å². The fraction of sp³-hybridized carbons (Fsp3) is 0.0476. The standard InChI is InChI=1S/C21H15N5O2/c27-21(28)19-10-14-3-2-13(9-18(14)24-19)16-5-6-22-20(25-16)8-12-1-4-17-15(7-12)11-23-26-17/h1-7,9-11,24H,8H2,(H,23,26)(H,27,28). The van der Waals surface area contributed by atoms with Gasteiger partial charge in [0, 0.05) is 34.5 Å². The van der Waals surface area contributed by atoms with E-state index in [-0.39, 0.29) is 5.69 Å². The highest BCUT2D eigenvalue weighted by molar-refractivity contribution is 5.95. The van der Waals surface area contributed by atoms with Crippen molar-refractivity contribution in [2.45, 2.75) is 6.42 Å². The first-order valence-corrected chi connectivity index (χ1v) is 8.76. The molecule has 3 heterocycles. The number of hydrogen-bond acceptors (Lipinski definition) is 4. The normalized spacial score (nSPS) is 11.3. The van der Waals surface area contributed by atoms with Gasteiger partial charge in [-0.1, -0.05) is 18.2 Å². The molecular weight excluding hydrogens is 354 g/mol. The van der Waals surface area contributed by atoms with Gasteiger partial charge >= 0.3 is 5.97 Å². The average Bonchev–Trinajstić information content (AvgIpc) is 3.34. The number of nitrogens with one attached hydrogen (secondary N) is 2. The topological polar surface area (TPSA) is 108 Å². The predicted octanol–water partition coefficient (Wildman–Crippen LogP) is 3.79. The van der Waals surface area contributed by atoms with Crippen LogP contribution in [0.5, 0.6) is 0 Å². The van der Waals surface area contributed by atoms with Crippen LogP contribution in [0.15, 0.2) is 60.9 Å². The largest absolute Gasteiger partial charge is 0.477 e. The first kappa shape index (κ1) is 16.2. The highest BCUT2D eigenvalue weighted by Crippen LogP contribution is 2.24. The van der Waals surface area contributed by atoms with Gasteiger partial charge < -0.3 is 10.1 Å². The number of aromatic carboxylic acids is 1. The van der Waals surface area contributed by atoms with Crippen molar-refractivity contribution >= 4 is 27.8 Å². The molecule has 2 aromatic carbocycles. The van der Waals surface area contributed by atoms with Gasteiger partial charge in [0.05, 0.1) is 17.4 Å². The molecule has 0 aliphatic rings. The van der Waals surface area contributed by atoms with Crippen LogP contribution in [0.4, 0.5) is 0 Å². The van der Waals surface area contributed by atoms with Crippen LogP contribution in [0.25, 0.3) is 33.1 Å². The van der Waals surface area contributed by atoms with Crippen molar-refractivity contribution in [1.29, 1.82) is 0 Å². The smallest absolute Gasteiger partial charge is 0.352 e. The molecule has 0 bridgehead atoms. The summed E-state index contributed by atoms with van der Waals surface area (Å²) in [5.41, 5.74) is 4.74. The molecule has 7 heteroatoms. The number of rotatable bonds is 4. The Kier molecular flexibility index (Phi) is 3.65. The van der Waals surface area contributed by atoms with Gasteiger partial charge in [0.1, 0.15) is 11.5 Å². The summed E-state index contributed by atoms with van der Waals surface area (Å²) in [5, 5.41) is 18.0. The predicted molar refractivity (Wildman–Crippen MR) is 105 cm³/mol. The first-order chi connectivity index (χ1) is 13.7. The van der Waals surface area contributed by atoms with E-state index in [9.17, 15) is 4.79 Å². The summed E-state index contributed by atoms with van der Waals surface area (Å²) in [6.07, 6.45) is 4.16. The molecule has 0 saturated carbocycles. The summed E-state index contributed by atoms with van der Waals surface area (Å²) in [6.45, 7) is 0. The van der Waals surface area contributed by atoms with Gasteiger partial charge in [0.25, 0.3) is 0 Å². The van der Waals surface area contributed by atoms with Crippen LogP contribution in [-0.2, 0) is 6.42 Å². The monoisotopic (exact) mass is 369 g/mol. The highest BCUT2D eigenvalue weighted by Gasteiger charge is 2.10. The third-order valence-corrected chi connectivity index (χ3v) is 4.72. The van der Waals surface area contributed by atoms with Crippen molar-refractivity contribution in [3.63, 3.8) is 0 Å². The molecule has 0 unspecified atom stereocenters. The maximum Gasteiger partial charge on any atom is 0.352 e. The summed E-state index contributed by atoms with van der Waals surface area (Å²) in [5.74, 6) is -0.255. The lowest BCUT2D eigenvalue weighted by atomic mass is 10.1. The molecule has 0 saturated heterocycles. The van der Waals surface area contributed by atoms with Crippen molar-refractivity contribution < 1.29 is 9.90 Å². The molecule has 3 N–H and O–H groups in total. The summed E-state index contributed by atoms with van der Waals surface area (Å²) in [6, 6.07) is 15.3. The van der Waals surface area contributed by atoms with E-state index in [0.717, 1.165) is 44.5 Å². The van der Waals surface area contributed by atoms with Gasteiger partial charge in [-0.3, -0.25) is 5.10 Å². The maximum atomic E-state index is 11.2. The number of benzene rings is 2. The maximum absolute atomic E-state index is 11.2. The van der Waals surface area contributed by atoms with Crippen LogP contribution in [0.2, 0.25) is 0 Å². The molecule has 0 aliphatic heterocycles. The number of carboxylic acid groups (broad SMARTS) is 1. The van der Waals surface area contributed by atoms with E-state index in [2.05, 4.69) is 31.2 Å². The molecule has 0 fully saturated rings. The molecule has 136 valence electrons. The molecule has 0 radical (unpaired) electrons. The minimum atomic E-state index is -0.975. The van der Waals surface area contributed by atoms with E-state index in [4.69, 9.17) is 5.11 Å². The second kappa shape index (κ2) is 6.31. The minimum absolute atomic E-state index is 0.171. The third-order valence-electron chi connectivity index (χ3n) is 4.72. The molecule has 28 heavy (non-hydrogen) atoms. The van der Waals surface area contributed by atoms with E-state index in [1.54, 1.807) is 18.5 Å². The Labute approximate surface area is 159 Å². The van der Waals surface area contributed by atoms with Gasteiger partial charge in [0.15, 0.2) is 0 Å². The van der Waals surface area contributed by atoms with Crippen molar-refractivity contribution in [2.24, 2.45) is 0 Å². The number of aromatic amines is 2. The fourth-order valence-electron chi connectivity index (χ4n) is 3.33. The Hall–Kier alpha value is -4.00. The Morgan fingerprint density at radius 3 is 2.82 bits per heavy atom. The minimum Gasteiger partial charge on any atom is -0.477 e. The van der Waals surface area contributed by atoms with E-state index < -0.39 is 5.97 Å². The van der Waals surface area contributed by atoms with Crippen LogP contribution < -0.4 is 0 Å². The molecule has 0 spiro atoms. The molecular formula is C21H15N5O2. The molecule has 0 atom stereocenters. The molecule has 0 amide bonds. The number of hydrogen-bond donors (Lipinski definition) is 3. The lowest BCUT2D eigenvalue weighted by Gasteiger charge is -2.05. The third kappa shape index (κ3) is 2.88. The Bertz CT molecular complexity index is 1340. The number of carbonyl (C=O) groups is 1. The lowest BCUT2D eigenvalue weighted by Crippen LogP contribution is -1.97. The Morgan fingerprint density at radius 1 is 1.00 bits per heavy atom. The molecule has 7 nitrogen and oxygen atoms in total. The second-order valence-electron chi connectivity index (χ2n) is 6.62. The van der Waals surface area contributed by atoms with Crippen LogP contribution in [-0.4, -0.2) is 36.2 Å². The number of carboxylic acids is 1. The Morgan fingerprint density at radius 2 is 1.93 bits per heavy atom. The average molecular weight is 369 g/mol.